The van der Waals surface area contributed by atoms with E-state index in [0.717, 1.165) is 12.5 Å². The summed E-state index contributed by atoms with van der Waals surface area (Å²) in [5.74, 6) is 1.62. The first-order valence-electron chi connectivity index (χ1n) is 7.72. The lowest BCUT2D eigenvalue weighted by atomic mass is 9.96. The largest absolute Gasteiger partial charge is 0.365 e. The second-order valence-electron chi connectivity index (χ2n) is 6.65. The van der Waals surface area contributed by atoms with Crippen LogP contribution in [0.15, 0.2) is 24.3 Å². The zero-order valence-electron chi connectivity index (χ0n) is 12.4. The lowest BCUT2D eigenvalue weighted by Gasteiger charge is -2.44. The van der Waals surface area contributed by atoms with Crippen molar-refractivity contribution < 1.29 is 0 Å². The third kappa shape index (κ3) is 2.79. The zero-order valence-corrected chi connectivity index (χ0v) is 12.4. The Morgan fingerprint density at radius 1 is 1.26 bits per heavy atom. The van der Waals surface area contributed by atoms with Crippen LogP contribution in [-0.2, 0) is 0 Å². The Balaban J connectivity index is 1.83. The van der Waals surface area contributed by atoms with Crippen molar-refractivity contribution in [2.24, 2.45) is 11.8 Å². The molecule has 104 valence electrons. The van der Waals surface area contributed by atoms with Gasteiger partial charge in [0.1, 0.15) is 0 Å². The first-order chi connectivity index (χ1) is 9.15. The Hall–Kier alpha value is -1.02. The summed E-state index contributed by atoms with van der Waals surface area (Å²) in [6, 6.07) is 10.3. The number of benzene rings is 1. The van der Waals surface area contributed by atoms with Crippen LogP contribution in [0.3, 0.4) is 0 Å². The van der Waals surface area contributed by atoms with E-state index >= 15 is 0 Å². The highest BCUT2D eigenvalue weighted by molar-refractivity contribution is 5.50. The normalized spacial score (nSPS) is 27.9. The van der Waals surface area contributed by atoms with Crippen molar-refractivity contribution in [1.29, 1.82) is 0 Å². The van der Waals surface area contributed by atoms with E-state index in [1.807, 2.05) is 0 Å². The van der Waals surface area contributed by atoms with E-state index in [-0.39, 0.29) is 0 Å². The van der Waals surface area contributed by atoms with Gasteiger partial charge in [0.05, 0.1) is 0 Å². The van der Waals surface area contributed by atoms with Gasteiger partial charge in [-0.05, 0) is 49.3 Å². The van der Waals surface area contributed by atoms with Crippen LogP contribution in [0.5, 0.6) is 0 Å². The van der Waals surface area contributed by atoms with Crippen LogP contribution < -0.4 is 10.2 Å². The molecule has 1 aliphatic heterocycles. The number of nitrogens with one attached hydrogen (secondary N) is 1. The molecule has 0 spiro atoms. The van der Waals surface area contributed by atoms with Crippen LogP contribution in [0.1, 0.15) is 32.3 Å². The van der Waals surface area contributed by atoms with Crippen molar-refractivity contribution in [1.82, 2.24) is 5.32 Å². The van der Waals surface area contributed by atoms with E-state index in [2.05, 4.69) is 55.3 Å². The van der Waals surface area contributed by atoms with Gasteiger partial charge < -0.3 is 10.2 Å². The number of hydrogen-bond donors (Lipinski definition) is 1. The van der Waals surface area contributed by atoms with Crippen LogP contribution in [0, 0.1) is 18.8 Å². The van der Waals surface area contributed by atoms with E-state index in [4.69, 9.17) is 0 Å². The summed E-state index contributed by atoms with van der Waals surface area (Å²) in [5.41, 5.74) is 2.77. The molecule has 0 radical (unpaired) electrons. The Kier molecular flexibility index (Phi) is 3.53. The maximum absolute atomic E-state index is 3.79. The minimum Gasteiger partial charge on any atom is -0.365 e. The quantitative estimate of drug-likeness (QED) is 0.895. The van der Waals surface area contributed by atoms with Gasteiger partial charge in [0, 0.05) is 30.9 Å². The molecule has 2 unspecified atom stereocenters. The van der Waals surface area contributed by atoms with Crippen LogP contribution in [-0.4, -0.2) is 25.2 Å². The maximum atomic E-state index is 3.79. The third-order valence-corrected chi connectivity index (χ3v) is 4.68. The average Bonchev–Trinajstić information content (AvgIpc) is 3.22. The molecule has 1 aliphatic carbocycles. The van der Waals surface area contributed by atoms with E-state index in [0.29, 0.717) is 18.0 Å². The maximum Gasteiger partial charge on any atom is 0.0438 e. The molecule has 2 nitrogen and oxygen atoms in total. The average molecular weight is 258 g/mol. The van der Waals surface area contributed by atoms with Gasteiger partial charge in [0.15, 0.2) is 0 Å². The Labute approximate surface area is 117 Å². The minimum atomic E-state index is 0.622. The molecule has 2 fully saturated rings. The van der Waals surface area contributed by atoms with Crippen molar-refractivity contribution in [3.05, 3.63) is 29.8 Å². The lowest BCUT2D eigenvalue weighted by Crippen LogP contribution is -2.59. The first-order valence-corrected chi connectivity index (χ1v) is 7.72. The number of rotatable bonds is 3. The van der Waals surface area contributed by atoms with Crippen molar-refractivity contribution in [3.63, 3.8) is 0 Å². The van der Waals surface area contributed by atoms with Gasteiger partial charge in [-0.25, -0.2) is 0 Å². The standard InChI is InChI=1S/C17H26N2/c1-12(2)17-10-18-16(14-7-8-14)11-19(17)15-6-4-5-13(3)9-15/h4-6,9,12,14,16-18H,7-8,10-11H2,1-3H3. The fourth-order valence-electron chi connectivity index (χ4n) is 3.31. The summed E-state index contributed by atoms with van der Waals surface area (Å²) in [6.45, 7) is 9.18. The van der Waals surface area contributed by atoms with Crippen LogP contribution >= 0.6 is 0 Å². The van der Waals surface area contributed by atoms with Crippen molar-refractivity contribution in [2.75, 3.05) is 18.0 Å². The molecule has 0 aromatic heterocycles. The van der Waals surface area contributed by atoms with Gasteiger partial charge in [0.2, 0.25) is 0 Å². The molecular weight excluding hydrogens is 232 g/mol. The van der Waals surface area contributed by atoms with Gasteiger partial charge in [-0.3, -0.25) is 0 Å². The van der Waals surface area contributed by atoms with Crippen LogP contribution in [0.25, 0.3) is 0 Å². The van der Waals surface area contributed by atoms with E-state index in [9.17, 15) is 0 Å². The molecule has 1 aromatic rings. The zero-order chi connectivity index (χ0) is 13.4. The molecule has 1 heterocycles. The highest BCUT2D eigenvalue weighted by Gasteiger charge is 2.37. The predicted molar refractivity (Wildman–Crippen MR) is 81.7 cm³/mol. The monoisotopic (exact) mass is 258 g/mol. The molecule has 1 aromatic carbocycles. The first kappa shape index (κ1) is 13.0. The van der Waals surface area contributed by atoms with E-state index in [1.54, 1.807) is 0 Å². The number of aryl methyl sites for hydroxylation is 1. The van der Waals surface area contributed by atoms with E-state index < -0.39 is 0 Å². The second-order valence-corrected chi connectivity index (χ2v) is 6.65. The van der Waals surface area contributed by atoms with Gasteiger partial charge >= 0.3 is 0 Å². The molecule has 2 aliphatic rings. The number of hydrogen-bond acceptors (Lipinski definition) is 2. The molecule has 2 heteroatoms. The van der Waals surface area contributed by atoms with Gasteiger partial charge in [0.25, 0.3) is 0 Å². The van der Waals surface area contributed by atoms with Crippen LogP contribution in [0.2, 0.25) is 0 Å². The second kappa shape index (κ2) is 5.16. The minimum absolute atomic E-state index is 0.622. The summed E-state index contributed by atoms with van der Waals surface area (Å²) < 4.78 is 0. The SMILES string of the molecule is Cc1cccc(N2CC(C3CC3)NCC2C(C)C)c1. The summed E-state index contributed by atoms with van der Waals surface area (Å²) in [5, 5.41) is 3.79. The molecule has 19 heavy (non-hydrogen) atoms. The van der Waals surface area contributed by atoms with Gasteiger partial charge in [-0.2, -0.15) is 0 Å². The molecular formula is C17H26N2. The molecule has 2 atom stereocenters. The van der Waals surface area contributed by atoms with Crippen molar-refractivity contribution in [2.45, 2.75) is 45.7 Å². The fourth-order valence-corrected chi connectivity index (χ4v) is 3.31. The topological polar surface area (TPSA) is 15.3 Å². The Morgan fingerprint density at radius 3 is 2.68 bits per heavy atom. The third-order valence-electron chi connectivity index (χ3n) is 4.68. The molecule has 0 bridgehead atoms. The molecule has 3 rings (SSSR count). The highest BCUT2D eigenvalue weighted by atomic mass is 15.2. The summed E-state index contributed by atoms with van der Waals surface area (Å²) in [6.07, 6.45) is 2.84. The fraction of sp³-hybridized carbons (Fsp3) is 0.647. The van der Waals surface area contributed by atoms with Crippen LogP contribution in [0.4, 0.5) is 5.69 Å². The molecule has 1 saturated heterocycles. The molecule has 1 N–H and O–H groups in total. The smallest absolute Gasteiger partial charge is 0.0438 e. The summed E-state index contributed by atoms with van der Waals surface area (Å²) in [4.78, 5) is 2.65. The number of nitrogens with zero attached hydrogens (tertiary/aromatic N) is 1. The van der Waals surface area contributed by atoms with E-state index in [1.165, 1.54) is 30.6 Å². The van der Waals surface area contributed by atoms with Gasteiger partial charge in [-0.1, -0.05) is 26.0 Å². The predicted octanol–water partition coefficient (Wildman–Crippen LogP) is 3.21. The Bertz CT molecular complexity index is 437. The summed E-state index contributed by atoms with van der Waals surface area (Å²) in [7, 11) is 0. The lowest BCUT2D eigenvalue weighted by molar-refractivity contribution is 0.320. The number of anilines is 1. The highest BCUT2D eigenvalue weighted by Crippen LogP contribution is 2.36. The summed E-state index contributed by atoms with van der Waals surface area (Å²) >= 11 is 0. The van der Waals surface area contributed by atoms with Gasteiger partial charge in [-0.15, -0.1) is 0 Å². The Morgan fingerprint density at radius 2 is 2.05 bits per heavy atom. The van der Waals surface area contributed by atoms with Crippen molar-refractivity contribution >= 4 is 5.69 Å². The molecule has 1 saturated carbocycles. The van der Waals surface area contributed by atoms with Crippen molar-refractivity contribution in [3.8, 4) is 0 Å². The molecule has 0 amide bonds. The number of piperazine rings is 1.